The molecule has 0 spiro atoms. The number of thiol groups is 1. The molecule has 1 aromatic carbocycles. The molecule has 34 heavy (non-hydrogen) atoms. The molecule has 13 heteroatoms. The second-order valence-corrected chi connectivity index (χ2v) is 8.80. The van der Waals surface area contributed by atoms with E-state index in [2.05, 4.69) is 28.6 Å². The first kappa shape index (κ1) is 29.3. The first-order chi connectivity index (χ1) is 16.1. The molecule has 1 aromatic rings. The van der Waals surface area contributed by atoms with E-state index >= 15 is 0 Å². The van der Waals surface area contributed by atoms with Gasteiger partial charge in [0, 0.05) is 5.75 Å². The zero-order valence-corrected chi connectivity index (χ0v) is 20.4. The van der Waals surface area contributed by atoms with Gasteiger partial charge in [0.1, 0.15) is 18.1 Å². The van der Waals surface area contributed by atoms with Gasteiger partial charge in [-0.1, -0.05) is 30.3 Å². The molecule has 0 aliphatic heterocycles. The molecule has 8 N–H and O–H groups in total. The van der Waals surface area contributed by atoms with E-state index in [0.717, 1.165) is 5.56 Å². The number of primary amides is 1. The van der Waals surface area contributed by atoms with E-state index in [-0.39, 0.29) is 18.6 Å². The predicted molar refractivity (Wildman–Crippen MR) is 132 cm³/mol. The van der Waals surface area contributed by atoms with Crippen LogP contribution in [0.4, 0.5) is 0 Å². The molecule has 4 atom stereocenters. The topological polar surface area (TPSA) is 194 Å². The molecule has 0 radical (unpaired) electrons. The zero-order chi connectivity index (χ0) is 25.7. The summed E-state index contributed by atoms with van der Waals surface area (Å²) in [6, 6.07) is 4.26. The second-order valence-electron chi connectivity index (χ2n) is 7.45. The average molecular weight is 514 g/mol. The third kappa shape index (κ3) is 10.4. The SMILES string of the molecule is CSCCC(NC(=O)C(CS)NC(=O)C(CC(N)=O)NC(=O)C(N)Cc1ccccc1)C(=O)O. The number of rotatable bonds is 15. The van der Waals surface area contributed by atoms with E-state index in [1.807, 2.05) is 6.07 Å². The number of nitrogens with two attached hydrogens (primary N) is 2. The molecular formula is C21H31N5O6S2. The number of hydrogen-bond acceptors (Lipinski definition) is 8. The summed E-state index contributed by atoms with van der Waals surface area (Å²) in [6.07, 6.45) is 1.67. The van der Waals surface area contributed by atoms with Gasteiger partial charge in [-0.2, -0.15) is 24.4 Å². The molecule has 1 rings (SSSR count). The molecule has 0 aliphatic carbocycles. The van der Waals surface area contributed by atoms with Gasteiger partial charge in [0.15, 0.2) is 0 Å². The highest BCUT2D eigenvalue weighted by Crippen LogP contribution is 2.05. The van der Waals surface area contributed by atoms with Gasteiger partial charge < -0.3 is 32.5 Å². The molecule has 0 saturated heterocycles. The monoisotopic (exact) mass is 513 g/mol. The number of thioether (sulfide) groups is 1. The van der Waals surface area contributed by atoms with E-state index < -0.39 is 60.2 Å². The van der Waals surface area contributed by atoms with E-state index in [1.54, 1.807) is 30.5 Å². The van der Waals surface area contributed by atoms with Crippen molar-refractivity contribution < 1.29 is 29.1 Å². The lowest BCUT2D eigenvalue weighted by molar-refractivity contribution is -0.142. The van der Waals surface area contributed by atoms with Gasteiger partial charge in [0.2, 0.25) is 23.6 Å². The summed E-state index contributed by atoms with van der Waals surface area (Å²) in [7, 11) is 0. The standard InChI is InChI=1S/C21H31N5O6S2/c1-34-8-7-14(21(31)32)24-20(30)16(11-33)26-19(29)15(10-17(23)27)25-18(28)13(22)9-12-5-3-2-4-6-12/h2-6,13-16,33H,7-11,22H2,1H3,(H2,23,27)(H,24,30)(H,25,28)(H,26,29)(H,31,32). The summed E-state index contributed by atoms with van der Waals surface area (Å²) in [5.74, 6) is -4.02. The van der Waals surface area contributed by atoms with Crippen molar-refractivity contribution in [1.82, 2.24) is 16.0 Å². The van der Waals surface area contributed by atoms with Gasteiger partial charge in [0.25, 0.3) is 0 Å². The Kier molecular flexibility index (Phi) is 13.1. The van der Waals surface area contributed by atoms with Crippen LogP contribution in [-0.4, -0.2) is 76.6 Å². The molecule has 0 heterocycles. The Morgan fingerprint density at radius 1 is 0.971 bits per heavy atom. The molecule has 0 aromatic heterocycles. The summed E-state index contributed by atoms with van der Waals surface area (Å²) in [6.45, 7) is 0. The summed E-state index contributed by atoms with van der Waals surface area (Å²) >= 11 is 5.47. The maximum absolute atomic E-state index is 12.8. The number of benzene rings is 1. The molecule has 0 aliphatic rings. The van der Waals surface area contributed by atoms with Crippen LogP contribution in [0, 0.1) is 0 Å². The van der Waals surface area contributed by atoms with Gasteiger partial charge in [0.05, 0.1) is 12.5 Å². The van der Waals surface area contributed by atoms with Crippen molar-refractivity contribution in [3.8, 4) is 0 Å². The van der Waals surface area contributed by atoms with Crippen molar-refractivity contribution in [3.63, 3.8) is 0 Å². The summed E-state index contributed by atoms with van der Waals surface area (Å²) < 4.78 is 0. The van der Waals surface area contributed by atoms with E-state index in [4.69, 9.17) is 11.5 Å². The van der Waals surface area contributed by atoms with Crippen LogP contribution in [-0.2, 0) is 30.4 Å². The molecular weight excluding hydrogens is 482 g/mol. The minimum Gasteiger partial charge on any atom is -0.480 e. The maximum atomic E-state index is 12.8. The number of aliphatic carboxylic acids is 1. The average Bonchev–Trinajstić information content (AvgIpc) is 2.79. The van der Waals surface area contributed by atoms with Crippen molar-refractivity contribution in [2.24, 2.45) is 11.5 Å². The third-order valence-electron chi connectivity index (χ3n) is 4.71. The smallest absolute Gasteiger partial charge is 0.326 e. The van der Waals surface area contributed by atoms with Crippen molar-refractivity contribution in [2.75, 3.05) is 17.8 Å². The first-order valence-electron chi connectivity index (χ1n) is 10.4. The third-order valence-corrected chi connectivity index (χ3v) is 5.72. The van der Waals surface area contributed by atoms with Crippen LogP contribution >= 0.6 is 24.4 Å². The second kappa shape index (κ2) is 15.2. The van der Waals surface area contributed by atoms with Gasteiger partial charge in [-0.05, 0) is 30.4 Å². The molecule has 188 valence electrons. The minimum atomic E-state index is -1.38. The summed E-state index contributed by atoms with van der Waals surface area (Å²) in [5, 5.41) is 16.4. The van der Waals surface area contributed by atoms with E-state index in [9.17, 15) is 29.1 Å². The summed E-state index contributed by atoms with van der Waals surface area (Å²) in [4.78, 5) is 60.6. The van der Waals surface area contributed by atoms with Crippen molar-refractivity contribution in [1.29, 1.82) is 0 Å². The molecule has 11 nitrogen and oxygen atoms in total. The van der Waals surface area contributed by atoms with Crippen molar-refractivity contribution >= 4 is 54.0 Å². The highest BCUT2D eigenvalue weighted by atomic mass is 32.2. The number of nitrogens with one attached hydrogen (secondary N) is 3. The fraction of sp³-hybridized carbons (Fsp3) is 0.476. The Hall–Kier alpha value is -2.77. The fourth-order valence-electron chi connectivity index (χ4n) is 2.88. The van der Waals surface area contributed by atoms with E-state index in [0.29, 0.717) is 5.75 Å². The Balaban J connectivity index is 2.83. The molecule has 4 amide bonds. The number of carboxylic acids is 1. The quantitative estimate of drug-likeness (QED) is 0.140. The largest absolute Gasteiger partial charge is 0.480 e. The lowest BCUT2D eigenvalue weighted by Gasteiger charge is -2.24. The minimum absolute atomic E-state index is 0.156. The van der Waals surface area contributed by atoms with Crippen LogP contribution in [0.5, 0.6) is 0 Å². The number of carbonyl (C=O) groups is 5. The number of carboxylic acid groups (broad SMARTS) is 1. The lowest BCUT2D eigenvalue weighted by Crippen LogP contribution is -2.58. The molecule has 0 fully saturated rings. The Labute approximate surface area is 207 Å². The molecule has 4 unspecified atom stereocenters. The molecule has 0 saturated carbocycles. The lowest BCUT2D eigenvalue weighted by atomic mass is 10.1. The fourth-order valence-corrected chi connectivity index (χ4v) is 3.61. The van der Waals surface area contributed by atoms with Crippen molar-refractivity contribution in [3.05, 3.63) is 35.9 Å². The Morgan fingerprint density at radius 2 is 1.53 bits per heavy atom. The predicted octanol–water partition coefficient (Wildman–Crippen LogP) is -1.35. The van der Waals surface area contributed by atoms with Crippen LogP contribution in [0.25, 0.3) is 0 Å². The van der Waals surface area contributed by atoms with Crippen LogP contribution in [0.2, 0.25) is 0 Å². The van der Waals surface area contributed by atoms with Gasteiger partial charge in [-0.25, -0.2) is 4.79 Å². The highest BCUT2D eigenvalue weighted by Gasteiger charge is 2.30. The van der Waals surface area contributed by atoms with Gasteiger partial charge in [-0.3, -0.25) is 19.2 Å². The Morgan fingerprint density at radius 3 is 2.06 bits per heavy atom. The van der Waals surface area contributed by atoms with Crippen LogP contribution in [0.15, 0.2) is 30.3 Å². The van der Waals surface area contributed by atoms with Crippen LogP contribution < -0.4 is 27.4 Å². The first-order valence-corrected chi connectivity index (χ1v) is 12.4. The number of carbonyl (C=O) groups excluding carboxylic acids is 4. The van der Waals surface area contributed by atoms with Crippen LogP contribution in [0.1, 0.15) is 18.4 Å². The van der Waals surface area contributed by atoms with Crippen molar-refractivity contribution in [2.45, 2.75) is 43.4 Å². The van der Waals surface area contributed by atoms with Crippen LogP contribution in [0.3, 0.4) is 0 Å². The maximum Gasteiger partial charge on any atom is 0.326 e. The number of hydrogen-bond donors (Lipinski definition) is 7. The van der Waals surface area contributed by atoms with E-state index in [1.165, 1.54) is 11.8 Å². The van der Waals surface area contributed by atoms with Gasteiger partial charge >= 0.3 is 5.97 Å². The Bertz CT molecular complexity index is 857. The number of amides is 4. The normalized spacial score (nSPS) is 14.2. The zero-order valence-electron chi connectivity index (χ0n) is 18.7. The summed E-state index contributed by atoms with van der Waals surface area (Å²) in [5.41, 5.74) is 12.0. The molecule has 0 bridgehead atoms. The highest BCUT2D eigenvalue weighted by molar-refractivity contribution is 7.98. The van der Waals surface area contributed by atoms with Gasteiger partial charge in [-0.15, -0.1) is 0 Å².